The van der Waals surface area contributed by atoms with E-state index in [1.54, 1.807) is 0 Å². The lowest BCUT2D eigenvalue weighted by atomic mass is 10.0. The molecule has 0 radical (unpaired) electrons. The number of alkyl halides is 2. The number of nitrogens with zero attached hydrogens (tertiary/aromatic N) is 8. The lowest BCUT2D eigenvalue weighted by molar-refractivity contribution is -0.615. The number of tetrazole rings is 1. The van der Waals surface area contributed by atoms with Crippen molar-refractivity contribution in [3.63, 3.8) is 0 Å². The number of hydrogen-bond donors (Lipinski definition) is 0. The SMILES string of the molecule is [O-][n+]1ccc(-c2cnn([C@H](CCOC(F)F)c3ccc(-c4c(-n5cnnn5)ccc(Cl)c4F)c[n+]3[O-])c2)c(F)c1. The van der Waals surface area contributed by atoms with Crippen LogP contribution in [0.4, 0.5) is 17.6 Å². The van der Waals surface area contributed by atoms with Crippen LogP contribution in [0.5, 0.6) is 0 Å². The summed E-state index contributed by atoms with van der Waals surface area (Å²) in [4.78, 5) is 0. The van der Waals surface area contributed by atoms with E-state index in [4.69, 9.17) is 11.6 Å². The molecule has 0 fully saturated rings. The van der Waals surface area contributed by atoms with Gasteiger partial charge in [-0.05, 0) is 28.6 Å². The lowest BCUT2D eigenvalue weighted by Crippen LogP contribution is -2.36. The second kappa shape index (κ2) is 11.2. The van der Waals surface area contributed by atoms with Gasteiger partial charge in [-0.25, -0.2) is 4.39 Å². The van der Waals surface area contributed by atoms with Gasteiger partial charge in [-0.15, -0.1) is 5.10 Å². The second-order valence-corrected chi connectivity index (χ2v) is 8.80. The van der Waals surface area contributed by atoms with Gasteiger partial charge in [0.25, 0.3) is 0 Å². The maximum absolute atomic E-state index is 15.2. The van der Waals surface area contributed by atoms with Gasteiger partial charge in [0.1, 0.15) is 12.4 Å². The van der Waals surface area contributed by atoms with Crippen LogP contribution in [-0.2, 0) is 4.74 Å². The van der Waals surface area contributed by atoms with Gasteiger partial charge in [-0.3, -0.25) is 4.68 Å². The van der Waals surface area contributed by atoms with Crippen molar-refractivity contribution in [2.24, 2.45) is 0 Å². The molecule has 0 amide bonds. The molecule has 206 valence electrons. The Hall–Kier alpha value is -4.63. The van der Waals surface area contributed by atoms with Crippen molar-refractivity contribution in [2.75, 3.05) is 6.61 Å². The molecule has 0 unspecified atom stereocenters. The Morgan fingerprint density at radius 1 is 1.05 bits per heavy atom. The number of benzene rings is 1. The van der Waals surface area contributed by atoms with Crippen molar-refractivity contribution in [3.8, 4) is 27.9 Å². The first-order chi connectivity index (χ1) is 19.2. The van der Waals surface area contributed by atoms with E-state index in [1.807, 2.05) is 0 Å². The Morgan fingerprint density at radius 2 is 1.88 bits per heavy atom. The van der Waals surface area contributed by atoms with Crippen molar-refractivity contribution in [1.82, 2.24) is 30.0 Å². The zero-order valence-corrected chi connectivity index (χ0v) is 20.9. The van der Waals surface area contributed by atoms with Crippen molar-refractivity contribution in [3.05, 3.63) is 100 Å². The van der Waals surface area contributed by atoms with Gasteiger partial charge >= 0.3 is 6.61 Å². The fraction of sp³-hybridized carbons (Fsp3) is 0.167. The Labute approximate surface area is 227 Å². The number of ether oxygens (including phenoxy) is 1. The van der Waals surface area contributed by atoms with Gasteiger partial charge in [-0.1, -0.05) is 11.6 Å². The van der Waals surface area contributed by atoms with Crippen LogP contribution in [0.15, 0.2) is 67.6 Å². The third-order valence-electron chi connectivity index (χ3n) is 6.00. The minimum Gasteiger partial charge on any atom is -0.619 e. The highest BCUT2D eigenvalue weighted by molar-refractivity contribution is 6.31. The van der Waals surface area contributed by atoms with Crippen LogP contribution in [0.25, 0.3) is 27.9 Å². The summed E-state index contributed by atoms with van der Waals surface area (Å²) in [5.74, 6) is -1.62. The minimum absolute atomic E-state index is 0.0496. The number of pyridine rings is 2. The van der Waals surface area contributed by atoms with Crippen molar-refractivity contribution in [2.45, 2.75) is 19.1 Å². The summed E-state index contributed by atoms with van der Waals surface area (Å²) >= 11 is 6.00. The Bertz CT molecular complexity index is 1650. The molecular formula is C24H17ClF4N8O3. The van der Waals surface area contributed by atoms with E-state index in [-0.39, 0.29) is 45.1 Å². The Kier molecular flexibility index (Phi) is 7.57. The van der Waals surface area contributed by atoms with Crippen LogP contribution in [-0.4, -0.2) is 43.2 Å². The normalized spacial score (nSPS) is 12.2. The highest BCUT2D eigenvalue weighted by Crippen LogP contribution is 2.33. The summed E-state index contributed by atoms with van der Waals surface area (Å²) in [6, 6.07) is 5.93. The molecule has 0 saturated heterocycles. The molecule has 11 nitrogen and oxygen atoms in total. The number of hydrogen-bond acceptors (Lipinski definition) is 7. The molecule has 0 spiro atoms. The van der Waals surface area contributed by atoms with Gasteiger partial charge in [-0.2, -0.15) is 32.4 Å². The summed E-state index contributed by atoms with van der Waals surface area (Å²) in [5, 5.41) is 39.5. The summed E-state index contributed by atoms with van der Waals surface area (Å²) in [5.41, 5.74) is 0.684. The van der Waals surface area contributed by atoms with Crippen LogP contribution >= 0.6 is 11.6 Å². The molecular weight excluding hydrogens is 560 g/mol. The maximum atomic E-state index is 15.2. The average molecular weight is 577 g/mol. The van der Waals surface area contributed by atoms with Crippen LogP contribution in [0.2, 0.25) is 5.02 Å². The first kappa shape index (κ1) is 27.0. The van der Waals surface area contributed by atoms with Gasteiger partial charge in [0.2, 0.25) is 11.9 Å². The molecule has 0 aliphatic heterocycles. The van der Waals surface area contributed by atoms with Crippen LogP contribution in [0.1, 0.15) is 18.2 Å². The zero-order chi connectivity index (χ0) is 28.4. The molecule has 5 aromatic rings. The lowest BCUT2D eigenvalue weighted by Gasteiger charge is -2.18. The fourth-order valence-corrected chi connectivity index (χ4v) is 4.35. The third kappa shape index (κ3) is 5.41. The van der Waals surface area contributed by atoms with Crippen LogP contribution in [0.3, 0.4) is 0 Å². The summed E-state index contributed by atoms with van der Waals surface area (Å²) in [7, 11) is 0. The zero-order valence-electron chi connectivity index (χ0n) is 20.1. The van der Waals surface area contributed by atoms with E-state index in [9.17, 15) is 23.6 Å². The molecule has 1 aromatic carbocycles. The van der Waals surface area contributed by atoms with Gasteiger partial charge < -0.3 is 15.2 Å². The molecule has 4 heterocycles. The second-order valence-electron chi connectivity index (χ2n) is 8.39. The van der Waals surface area contributed by atoms with Crippen molar-refractivity contribution >= 4 is 11.6 Å². The van der Waals surface area contributed by atoms with E-state index in [2.05, 4.69) is 25.4 Å². The van der Waals surface area contributed by atoms with Crippen LogP contribution < -0.4 is 9.46 Å². The van der Waals surface area contributed by atoms with Crippen molar-refractivity contribution < 1.29 is 31.8 Å². The molecule has 0 aliphatic rings. The van der Waals surface area contributed by atoms with E-state index in [0.717, 1.165) is 18.6 Å². The van der Waals surface area contributed by atoms with E-state index < -0.39 is 30.9 Å². The summed E-state index contributed by atoms with van der Waals surface area (Å²) < 4.78 is 62.5. The molecule has 0 bridgehead atoms. The van der Waals surface area contributed by atoms with Gasteiger partial charge in [0, 0.05) is 35.9 Å². The molecule has 16 heteroatoms. The number of rotatable bonds is 9. The Balaban J connectivity index is 1.55. The van der Waals surface area contributed by atoms with E-state index in [1.165, 1.54) is 58.4 Å². The molecule has 0 saturated carbocycles. The minimum atomic E-state index is -3.04. The molecule has 4 aromatic heterocycles. The molecule has 40 heavy (non-hydrogen) atoms. The van der Waals surface area contributed by atoms with Crippen LogP contribution in [0, 0.1) is 22.0 Å². The summed E-state index contributed by atoms with van der Waals surface area (Å²) in [6.07, 6.45) is 6.76. The molecule has 1 atom stereocenters. The van der Waals surface area contributed by atoms with E-state index >= 15 is 4.39 Å². The number of halogens is 5. The van der Waals surface area contributed by atoms with Crippen molar-refractivity contribution in [1.29, 1.82) is 0 Å². The topological polar surface area (TPSA) is 125 Å². The van der Waals surface area contributed by atoms with Gasteiger partial charge in [0.05, 0.1) is 34.6 Å². The quantitative estimate of drug-likeness (QED) is 0.149. The highest BCUT2D eigenvalue weighted by atomic mass is 35.5. The third-order valence-corrected chi connectivity index (χ3v) is 6.29. The average Bonchev–Trinajstić information content (AvgIpc) is 3.61. The largest absolute Gasteiger partial charge is 0.619 e. The fourth-order valence-electron chi connectivity index (χ4n) is 4.19. The first-order valence-electron chi connectivity index (χ1n) is 11.5. The highest BCUT2D eigenvalue weighted by Gasteiger charge is 2.26. The predicted octanol–water partition coefficient (Wildman–Crippen LogP) is 3.61. The monoisotopic (exact) mass is 576 g/mol. The smallest absolute Gasteiger partial charge is 0.345 e. The standard InChI is InChI=1S/C24H17ClF4N8O3/c25-17-2-4-21(36-13-30-32-33-36)22(23(17)27)14-1-3-20(37(39)11-14)19(6-8-40-24(28)29)35-10-15(9-31-35)16-5-7-34(38)12-18(16)26/h1-5,7,9-13,19,24H,6,8H2/t19-/m1/s1. The summed E-state index contributed by atoms with van der Waals surface area (Å²) in [6.45, 7) is -3.48. The maximum Gasteiger partial charge on any atom is 0.345 e. The Morgan fingerprint density at radius 3 is 2.58 bits per heavy atom. The molecule has 0 aliphatic carbocycles. The predicted molar refractivity (Wildman–Crippen MR) is 130 cm³/mol. The molecule has 0 N–H and O–H groups in total. The first-order valence-corrected chi connectivity index (χ1v) is 11.9. The molecule has 5 rings (SSSR count). The number of aromatic nitrogens is 8. The van der Waals surface area contributed by atoms with E-state index in [0.29, 0.717) is 9.46 Å². The van der Waals surface area contributed by atoms with Gasteiger partial charge in [0.15, 0.2) is 24.0 Å².